The average molecular weight is 344 g/mol. The topological polar surface area (TPSA) is 56.8 Å². The summed E-state index contributed by atoms with van der Waals surface area (Å²) in [6, 6.07) is 9.18. The van der Waals surface area contributed by atoms with E-state index in [4.69, 9.17) is 20.8 Å². The summed E-state index contributed by atoms with van der Waals surface area (Å²) in [5.74, 6) is 1.51. The first kappa shape index (κ1) is 15.0. The van der Waals surface area contributed by atoms with Crippen LogP contribution in [-0.4, -0.2) is 6.73 Å². The van der Waals surface area contributed by atoms with Crippen LogP contribution in [0.2, 0.25) is 5.02 Å². The Kier molecular flexibility index (Phi) is 3.65. The summed E-state index contributed by atoms with van der Waals surface area (Å²) in [7, 11) is 0. The van der Waals surface area contributed by atoms with Gasteiger partial charge < -0.3 is 9.15 Å². The zero-order valence-electron chi connectivity index (χ0n) is 13.1. The van der Waals surface area contributed by atoms with Gasteiger partial charge in [0.2, 0.25) is 6.73 Å². The van der Waals surface area contributed by atoms with E-state index in [1.54, 1.807) is 0 Å². The van der Waals surface area contributed by atoms with Crippen LogP contribution in [0.5, 0.6) is 5.75 Å². The highest BCUT2D eigenvalue weighted by molar-refractivity contribution is 6.33. The third kappa shape index (κ3) is 2.41. The third-order valence-electron chi connectivity index (χ3n) is 4.25. The van der Waals surface area contributed by atoms with E-state index in [2.05, 4.69) is 4.98 Å². The highest BCUT2D eigenvalue weighted by atomic mass is 35.5. The molecule has 0 fully saturated rings. The van der Waals surface area contributed by atoms with Crippen LogP contribution in [0.15, 0.2) is 45.7 Å². The number of hydrogen-bond acceptors (Lipinski definition) is 4. The number of nitrogens with zero attached hydrogens (tertiary/aromatic N) is 1. The number of aromatic nitrogens is 1. The summed E-state index contributed by atoms with van der Waals surface area (Å²) in [6.45, 7) is 2.92. The highest BCUT2D eigenvalue weighted by Crippen LogP contribution is 2.39. The molecule has 5 nitrogen and oxygen atoms in total. The van der Waals surface area contributed by atoms with Gasteiger partial charge in [-0.25, -0.2) is 14.7 Å². The Balaban J connectivity index is 1.91. The van der Waals surface area contributed by atoms with Gasteiger partial charge in [-0.15, -0.1) is 0 Å². The molecule has 0 bridgehead atoms. The fourth-order valence-electron chi connectivity index (χ4n) is 3.08. The second-order valence-electron chi connectivity index (χ2n) is 5.71. The Morgan fingerprint density at radius 2 is 2.21 bits per heavy atom. The number of benzene rings is 1. The van der Waals surface area contributed by atoms with Gasteiger partial charge in [0.1, 0.15) is 12.1 Å². The molecule has 0 aliphatic carbocycles. The summed E-state index contributed by atoms with van der Waals surface area (Å²) in [4.78, 5) is 17.1. The van der Waals surface area contributed by atoms with Crippen LogP contribution in [0.1, 0.15) is 18.1 Å². The third-order valence-corrected chi connectivity index (χ3v) is 4.53. The fraction of sp³-hybridized carbons (Fsp3) is 0.222. The van der Waals surface area contributed by atoms with E-state index in [1.807, 2.05) is 42.3 Å². The van der Waals surface area contributed by atoms with Gasteiger partial charge in [-0.3, -0.25) is 0 Å². The average Bonchev–Trinajstić information content (AvgIpc) is 2.62. The van der Waals surface area contributed by atoms with Crippen molar-refractivity contribution in [3.05, 3.63) is 63.1 Å². The molecule has 0 unspecified atom stereocenters. The van der Waals surface area contributed by atoms with Gasteiger partial charge >= 0.3 is 5.63 Å². The number of aromatic amines is 1. The molecule has 3 aromatic rings. The van der Waals surface area contributed by atoms with Gasteiger partial charge in [-0.05, 0) is 24.1 Å². The first-order chi connectivity index (χ1) is 11.7. The highest BCUT2D eigenvalue weighted by Gasteiger charge is 2.29. The molecule has 1 aromatic carbocycles. The molecule has 1 aliphatic rings. The lowest BCUT2D eigenvalue weighted by Crippen LogP contribution is -2.35. The summed E-state index contributed by atoms with van der Waals surface area (Å²) in [5.41, 5.74) is 1.93. The van der Waals surface area contributed by atoms with Gasteiger partial charge in [0.05, 0.1) is 16.8 Å². The van der Waals surface area contributed by atoms with Crippen molar-refractivity contribution in [2.45, 2.75) is 19.9 Å². The number of fused-ring (bicyclic) bond motifs is 3. The number of pyridine rings is 1. The monoisotopic (exact) mass is 343 g/mol. The standard InChI is InChI=1S/C18H15ClN2O3/c1-2-11-7-16(22)24-17-12(11)8-14(19)18-13(17)9-21(10-23-18)15-5-3-4-6-20-15/h3-8H,2,9-10H2,1H3/p+1. The normalized spacial score (nSPS) is 13.7. The molecule has 4 rings (SSSR count). The Bertz CT molecular complexity index is 969. The number of rotatable bonds is 2. The maximum absolute atomic E-state index is 11.9. The molecule has 0 spiro atoms. The molecule has 1 aliphatic heterocycles. The second-order valence-corrected chi connectivity index (χ2v) is 6.11. The zero-order chi connectivity index (χ0) is 16.7. The largest absolute Gasteiger partial charge is 0.453 e. The van der Waals surface area contributed by atoms with E-state index in [9.17, 15) is 4.79 Å². The van der Waals surface area contributed by atoms with Crippen molar-refractivity contribution < 1.29 is 14.1 Å². The fourth-order valence-corrected chi connectivity index (χ4v) is 3.36. The van der Waals surface area contributed by atoms with E-state index in [0.29, 0.717) is 29.6 Å². The quantitative estimate of drug-likeness (QED) is 0.671. The maximum Gasteiger partial charge on any atom is 0.336 e. The summed E-state index contributed by atoms with van der Waals surface area (Å²) in [6.07, 6.45) is 2.59. The molecule has 0 saturated heterocycles. The van der Waals surface area contributed by atoms with Crippen molar-refractivity contribution in [1.82, 2.24) is 0 Å². The number of hydrogen-bond donors (Lipinski definition) is 0. The predicted octanol–water partition coefficient (Wildman–Crippen LogP) is 3.18. The van der Waals surface area contributed by atoms with E-state index in [-0.39, 0.29) is 5.63 Å². The molecule has 0 radical (unpaired) electrons. The molecule has 0 atom stereocenters. The van der Waals surface area contributed by atoms with Crippen LogP contribution in [0.3, 0.4) is 0 Å². The molecule has 2 aromatic heterocycles. The second kappa shape index (κ2) is 5.83. The van der Waals surface area contributed by atoms with E-state index in [0.717, 1.165) is 28.8 Å². The lowest BCUT2D eigenvalue weighted by atomic mass is 10.0. The van der Waals surface area contributed by atoms with Crippen molar-refractivity contribution in [3.8, 4) is 5.75 Å². The van der Waals surface area contributed by atoms with Crippen LogP contribution in [0.4, 0.5) is 5.82 Å². The maximum atomic E-state index is 11.9. The van der Waals surface area contributed by atoms with Gasteiger partial charge in [0, 0.05) is 17.5 Å². The molecule has 0 saturated carbocycles. The van der Waals surface area contributed by atoms with Crippen molar-refractivity contribution in [1.29, 1.82) is 0 Å². The van der Waals surface area contributed by atoms with E-state index >= 15 is 0 Å². The SMILES string of the molecule is CCc1cc(=O)oc2c3c(c(Cl)cc12)OCN(c1cccc[nH+]1)C3. The molecule has 1 N–H and O–H groups in total. The number of H-pyrrole nitrogens is 1. The summed E-state index contributed by atoms with van der Waals surface area (Å²) < 4.78 is 11.4. The molecular weight excluding hydrogens is 328 g/mol. The lowest BCUT2D eigenvalue weighted by Gasteiger charge is -2.25. The van der Waals surface area contributed by atoms with Crippen LogP contribution >= 0.6 is 11.6 Å². The first-order valence-corrected chi connectivity index (χ1v) is 8.17. The van der Waals surface area contributed by atoms with Crippen molar-refractivity contribution >= 4 is 28.4 Å². The van der Waals surface area contributed by atoms with Crippen molar-refractivity contribution in [2.24, 2.45) is 0 Å². The van der Waals surface area contributed by atoms with E-state index < -0.39 is 0 Å². The zero-order valence-corrected chi connectivity index (χ0v) is 13.9. The first-order valence-electron chi connectivity index (χ1n) is 7.80. The Morgan fingerprint density at radius 3 is 2.96 bits per heavy atom. The van der Waals surface area contributed by atoms with Crippen LogP contribution < -0.4 is 20.2 Å². The van der Waals surface area contributed by atoms with E-state index in [1.165, 1.54) is 6.07 Å². The Hall–Kier alpha value is -2.53. The van der Waals surface area contributed by atoms with Crippen molar-refractivity contribution in [2.75, 3.05) is 11.6 Å². The molecule has 122 valence electrons. The minimum absolute atomic E-state index is 0.354. The predicted molar refractivity (Wildman–Crippen MR) is 91.5 cm³/mol. The summed E-state index contributed by atoms with van der Waals surface area (Å²) >= 11 is 6.41. The smallest absolute Gasteiger partial charge is 0.336 e. The van der Waals surface area contributed by atoms with Crippen molar-refractivity contribution in [3.63, 3.8) is 0 Å². The Labute approximate surface area is 143 Å². The van der Waals surface area contributed by atoms with Crippen LogP contribution in [0, 0.1) is 0 Å². The molecule has 24 heavy (non-hydrogen) atoms. The van der Waals surface area contributed by atoms with Gasteiger partial charge in [0.25, 0.3) is 5.82 Å². The minimum Gasteiger partial charge on any atom is -0.453 e. The van der Waals surface area contributed by atoms with Gasteiger partial charge in [-0.1, -0.05) is 24.6 Å². The molecule has 0 amide bonds. The Morgan fingerprint density at radius 1 is 1.33 bits per heavy atom. The lowest BCUT2D eigenvalue weighted by molar-refractivity contribution is -0.364. The molecule has 3 heterocycles. The number of aryl methyl sites for hydroxylation is 1. The minimum atomic E-state index is -0.354. The van der Waals surface area contributed by atoms with Gasteiger partial charge in [0.15, 0.2) is 5.75 Å². The van der Waals surface area contributed by atoms with Crippen LogP contribution in [-0.2, 0) is 13.0 Å². The molecular formula is C18H16ClN2O3+. The number of halogens is 1. The van der Waals surface area contributed by atoms with Crippen LogP contribution in [0.25, 0.3) is 11.0 Å². The molecule has 6 heteroatoms. The number of anilines is 1. The number of ether oxygens (including phenoxy) is 1. The number of nitrogens with one attached hydrogen (secondary N) is 1. The summed E-state index contributed by atoms with van der Waals surface area (Å²) in [5, 5.41) is 1.40. The van der Waals surface area contributed by atoms with Gasteiger partial charge in [-0.2, -0.15) is 0 Å².